The molecule has 1 saturated heterocycles. The second-order valence-electron chi connectivity index (χ2n) is 4.56. The summed E-state index contributed by atoms with van der Waals surface area (Å²) in [5.74, 6) is -1.27. The fraction of sp³-hybridized carbons (Fsp3) is 0.214. The highest BCUT2D eigenvalue weighted by molar-refractivity contribution is 8.13. The summed E-state index contributed by atoms with van der Waals surface area (Å²) in [6.07, 6.45) is 0.272. The molecule has 108 valence electrons. The Balaban J connectivity index is 2.06. The van der Waals surface area contributed by atoms with Crippen LogP contribution in [0.5, 0.6) is 0 Å². The van der Waals surface area contributed by atoms with Crippen molar-refractivity contribution in [3.8, 4) is 0 Å². The van der Waals surface area contributed by atoms with Crippen LogP contribution in [0.4, 0.5) is 4.79 Å². The second kappa shape index (κ2) is 5.25. The number of carbonyl (C=O) groups excluding carboxylic acids is 2. The third-order valence-electron chi connectivity index (χ3n) is 3.27. The quantitative estimate of drug-likeness (QED) is 0.938. The van der Waals surface area contributed by atoms with Crippen molar-refractivity contribution in [2.45, 2.75) is 13.0 Å². The van der Waals surface area contributed by atoms with Crippen LogP contribution in [0.25, 0.3) is 11.0 Å². The molecule has 0 bridgehead atoms. The molecule has 1 aromatic heterocycles. The molecule has 2 amide bonds. The summed E-state index contributed by atoms with van der Waals surface area (Å²) in [5.41, 5.74) is 0.775. The highest BCUT2D eigenvalue weighted by Gasteiger charge is 2.30. The molecule has 0 saturated carbocycles. The summed E-state index contributed by atoms with van der Waals surface area (Å²) < 4.78 is 5.32. The zero-order chi connectivity index (χ0) is 15.0. The molecule has 7 heteroatoms. The Bertz CT molecular complexity index is 735. The maximum atomic E-state index is 11.9. The molecule has 0 spiro atoms. The zero-order valence-corrected chi connectivity index (χ0v) is 11.7. The van der Waals surface area contributed by atoms with E-state index in [4.69, 9.17) is 4.42 Å². The maximum absolute atomic E-state index is 11.9. The van der Waals surface area contributed by atoms with E-state index in [0.717, 1.165) is 16.7 Å². The van der Waals surface area contributed by atoms with Gasteiger partial charge in [0.15, 0.2) is 0 Å². The van der Waals surface area contributed by atoms with Crippen molar-refractivity contribution in [3.05, 3.63) is 35.6 Å². The summed E-state index contributed by atoms with van der Waals surface area (Å²) in [5, 5.41) is 9.49. The molecule has 2 aromatic rings. The highest BCUT2D eigenvalue weighted by atomic mass is 32.2. The van der Waals surface area contributed by atoms with Crippen molar-refractivity contribution < 1.29 is 23.9 Å². The smallest absolute Gasteiger partial charge is 0.372 e. The van der Waals surface area contributed by atoms with Crippen molar-refractivity contribution in [1.82, 2.24) is 4.90 Å². The van der Waals surface area contributed by atoms with Gasteiger partial charge in [-0.1, -0.05) is 30.0 Å². The zero-order valence-electron chi connectivity index (χ0n) is 10.9. The average molecular weight is 305 g/mol. The van der Waals surface area contributed by atoms with E-state index in [1.165, 1.54) is 0 Å². The number of carboxylic acids is 1. The molecule has 1 fully saturated rings. The van der Waals surface area contributed by atoms with Crippen LogP contribution in [-0.2, 0) is 11.3 Å². The number of rotatable bonds is 3. The largest absolute Gasteiger partial charge is 0.475 e. The Kier molecular flexibility index (Phi) is 3.42. The fourth-order valence-corrected chi connectivity index (χ4v) is 3.05. The first kappa shape index (κ1) is 13.7. The Hall–Kier alpha value is -2.28. The van der Waals surface area contributed by atoms with Crippen molar-refractivity contribution in [2.75, 3.05) is 5.75 Å². The predicted octanol–water partition coefficient (Wildman–Crippen LogP) is 2.72. The summed E-state index contributed by atoms with van der Waals surface area (Å²) in [7, 11) is 0. The van der Waals surface area contributed by atoms with E-state index >= 15 is 0 Å². The second-order valence-corrected chi connectivity index (χ2v) is 5.60. The number of thioether (sulfide) groups is 1. The monoisotopic (exact) mass is 305 g/mol. The van der Waals surface area contributed by atoms with Gasteiger partial charge in [-0.3, -0.25) is 14.5 Å². The molecule has 0 radical (unpaired) electrons. The number of aromatic carboxylic acids is 1. The van der Waals surface area contributed by atoms with Crippen molar-refractivity contribution in [2.24, 2.45) is 0 Å². The van der Waals surface area contributed by atoms with Gasteiger partial charge in [0.2, 0.25) is 11.7 Å². The van der Waals surface area contributed by atoms with Gasteiger partial charge in [-0.2, -0.15) is 0 Å². The number of furan rings is 1. The van der Waals surface area contributed by atoms with E-state index in [9.17, 15) is 19.5 Å². The molecule has 21 heavy (non-hydrogen) atoms. The topological polar surface area (TPSA) is 87.8 Å². The molecule has 3 rings (SSSR count). The Morgan fingerprint density at radius 1 is 1.33 bits per heavy atom. The first-order valence-corrected chi connectivity index (χ1v) is 7.27. The van der Waals surface area contributed by atoms with Crippen LogP contribution in [0.2, 0.25) is 0 Å². The summed E-state index contributed by atoms with van der Waals surface area (Å²) in [6.45, 7) is -0.0800. The van der Waals surface area contributed by atoms with Crippen LogP contribution >= 0.6 is 11.8 Å². The third-order valence-corrected chi connectivity index (χ3v) is 4.15. The number of hydrogen-bond acceptors (Lipinski definition) is 5. The van der Waals surface area contributed by atoms with Gasteiger partial charge < -0.3 is 9.52 Å². The number of benzene rings is 1. The molecule has 1 N–H and O–H groups in total. The lowest BCUT2D eigenvalue weighted by Gasteiger charge is -2.23. The summed E-state index contributed by atoms with van der Waals surface area (Å²) in [6, 6.07) is 6.85. The standard InChI is InChI=1S/C14H11NO5S/c16-11-5-6-21-14(19)15(11)7-9-8-3-1-2-4-10(8)20-12(9)13(17)18/h1-4H,5-7H2,(H,17,18). The first-order chi connectivity index (χ1) is 10.1. The van der Waals surface area contributed by atoms with E-state index in [0.29, 0.717) is 22.3 Å². The highest BCUT2D eigenvalue weighted by Crippen LogP contribution is 2.29. The fourth-order valence-electron chi connectivity index (χ4n) is 2.28. The summed E-state index contributed by atoms with van der Waals surface area (Å²) in [4.78, 5) is 36.1. The third kappa shape index (κ3) is 2.40. The van der Waals surface area contributed by atoms with Crippen molar-refractivity contribution in [3.63, 3.8) is 0 Å². The Labute approximate surface area is 123 Å². The molecular weight excluding hydrogens is 294 g/mol. The minimum absolute atomic E-state index is 0.0800. The minimum Gasteiger partial charge on any atom is -0.475 e. The normalized spacial score (nSPS) is 15.7. The first-order valence-electron chi connectivity index (χ1n) is 6.28. The lowest BCUT2D eigenvalue weighted by Crippen LogP contribution is -2.37. The van der Waals surface area contributed by atoms with Gasteiger partial charge in [-0.25, -0.2) is 4.79 Å². The lowest BCUT2D eigenvalue weighted by molar-refractivity contribution is -0.128. The Morgan fingerprint density at radius 2 is 2.10 bits per heavy atom. The van der Waals surface area contributed by atoms with Gasteiger partial charge in [0, 0.05) is 23.1 Å². The van der Waals surface area contributed by atoms with Crippen LogP contribution in [0.1, 0.15) is 22.5 Å². The lowest BCUT2D eigenvalue weighted by atomic mass is 10.1. The van der Waals surface area contributed by atoms with Crippen LogP contribution < -0.4 is 0 Å². The summed E-state index contributed by atoms with van der Waals surface area (Å²) >= 11 is 1.06. The molecule has 0 aliphatic carbocycles. The molecule has 1 aliphatic heterocycles. The number of imide groups is 1. The number of amides is 2. The van der Waals surface area contributed by atoms with Gasteiger partial charge in [-0.05, 0) is 6.07 Å². The molecule has 2 heterocycles. The van der Waals surface area contributed by atoms with E-state index in [1.54, 1.807) is 24.3 Å². The number of carboxylic acid groups (broad SMARTS) is 1. The van der Waals surface area contributed by atoms with Gasteiger partial charge in [0.25, 0.3) is 5.24 Å². The number of para-hydroxylation sites is 1. The van der Waals surface area contributed by atoms with E-state index in [2.05, 4.69) is 0 Å². The van der Waals surface area contributed by atoms with Gasteiger partial charge in [-0.15, -0.1) is 0 Å². The maximum Gasteiger partial charge on any atom is 0.372 e. The molecule has 6 nitrogen and oxygen atoms in total. The SMILES string of the molecule is O=C(O)c1oc2ccccc2c1CN1C(=O)CCSC1=O. The predicted molar refractivity (Wildman–Crippen MR) is 76.2 cm³/mol. The van der Waals surface area contributed by atoms with E-state index in [-0.39, 0.29) is 29.9 Å². The minimum atomic E-state index is -1.22. The van der Waals surface area contributed by atoms with E-state index < -0.39 is 5.97 Å². The van der Waals surface area contributed by atoms with Crippen LogP contribution in [0.15, 0.2) is 28.7 Å². The number of carbonyl (C=O) groups is 3. The number of hydrogen-bond donors (Lipinski definition) is 1. The number of fused-ring (bicyclic) bond motifs is 1. The van der Waals surface area contributed by atoms with Crippen molar-refractivity contribution in [1.29, 1.82) is 0 Å². The molecule has 0 unspecified atom stereocenters. The Morgan fingerprint density at radius 3 is 2.81 bits per heavy atom. The van der Waals surface area contributed by atoms with Crippen LogP contribution in [0, 0.1) is 0 Å². The van der Waals surface area contributed by atoms with Crippen LogP contribution in [0.3, 0.4) is 0 Å². The average Bonchev–Trinajstić information content (AvgIpc) is 2.82. The van der Waals surface area contributed by atoms with Crippen LogP contribution in [-0.4, -0.2) is 32.9 Å². The molecular formula is C14H11NO5S. The van der Waals surface area contributed by atoms with E-state index in [1.807, 2.05) is 0 Å². The van der Waals surface area contributed by atoms with Gasteiger partial charge in [0.05, 0.1) is 6.54 Å². The number of nitrogens with zero attached hydrogens (tertiary/aromatic N) is 1. The molecule has 0 atom stereocenters. The van der Waals surface area contributed by atoms with Gasteiger partial charge in [0.1, 0.15) is 5.58 Å². The van der Waals surface area contributed by atoms with Crippen molar-refractivity contribution >= 4 is 39.8 Å². The van der Waals surface area contributed by atoms with Gasteiger partial charge >= 0.3 is 5.97 Å². The molecule has 1 aliphatic rings. The molecule has 1 aromatic carbocycles.